The summed E-state index contributed by atoms with van der Waals surface area (Å²) >= 11 is 0. The standard InChI is InChI=1S/C16H22FN3O3/c1-19(10-7-15(21)22)16(23)18-11-12-13(17)5-4-6-14(12)20-8-2-3-9-20/h4-6H,2-3,7-11H2,1H3,(H,18,23)(H,21,22). The number of hydrogen-bond donors (Lipinski definition) is 2. The Balaban J connectivity index is 1.99. The monoisotopic (exact) mass is 323 g/mol. The van der Waals surface area contributed by atoms with Crippen LogP contribution in [0.2, 0.25) is 0 Å². The van der Waals surface area contributed by atoms with Gasteiger partial charge >= 0.3 is 12.0 Å². The first-order chi connectivity index (χ1) is 11.0. The van der Waals surface area contributed by atoms with Gasteiger partial charge in [-0.2, -0.15) is 0 Å². The molecule has 1 heterocycles. The van der Waals surface area contributed by atoms with Crippen LogP contribution in [0.4, 0.5) is 14.9 Å². The van der Waals surface area contributed by atoms with Crippen molar-refractivity contribution in [3.05, 3.63) is 29.6 Å². The summed E-state index contributed by atoms with van der Waals surface area (Å²) < 4.78 is 14.1. The van der Waals surface area contributed by atoms with Crippen LogP contribution >= 0.6 is 0 Å². The molecule has 6 nitrogen and oxygen atoms in total. The van der Waals surface area contributed by atoms with E-state index in [4.69, 9.17) is 5.11 Å². The molecular weight excluding hydrogens is 301 g/mol. The lowest BCUT2D eigenvalue weighted by atomic mass is 10.1. The average molecular weight is 323 g/mol. The molecule has 0 aliphatic carbocycles. The van der Waals surface area contributed by atoms with Crippen LogP contribution in [0.1, 0.15) is 24.8 Å². The number of carboxylic acid groups (broad SMARTS) is 1. The molecule has 0 atom stereocenters. The van der Waals surface area contributed by atoms with Crippen molar-refractivity contribution in [2.24, 2.45) is 0 Å². The maximum absolute atomic E-state index is 14.1. The number of amides is 2. The van der Waals surface area contributed by atoms with Crippen LogP contribution in [0.25, 0.3) is 0 Å². The van der Waals surface area contributed by atoms with Crippen molar-refractivity contribution in [3.8, 4) is 0 Å². The highest BCUT2D eigenvalue weighted by molar-refractivity contribution is 5.75. The van der Waals surface area contributed by atoms with Crippen LogP contribution in [-0.4, -0.2) is 48.7 Å². The third-order valence-corrected chi connectivity index (χ3v) is 3.97. The van der Waals surface area contributed by atoms with Gasteiger partial charge in [0.15, 0.2) is 0 Å². The quantitative estimate of drug-likeness (QED) is 0.840. The lowest BCUT2D eigenvalue weighted by Crippen LogP contribution is -2.38. The van der Waals surface area contributed by atoms with E-state index in [1.807, 2.05) is 6.07 Å². The molecule has 0 unspecified atom stereocenters. The zero-order valence-electron chi connectivity index (χ0n) is 13.2. The predicted molar refractivity (Wildman–Crippen MR) is 85.0 cm³/mol. The maximum atomic E-state index is 14.1. The van der Waals surface area contributed by atoms with Crippen LogP contribution < -0.4 is 10.2 Å². The second-order valence-corrected chi connectivity index (χ2v) is 5.66. The van der Waals surface area contributed by atoms with Crippen molar-refractivity contribution in [1.29, 1.82) is 0 Å². The first-order valence-electron chi connectivity index (χ1n) is 7.72. The van der Waals surface area contributed by atoms with Crippen molar-refractivity contribution in [2.45, 2.75) is 25.8 Å². The van der Waals surface area contributed by atoms with Crippen LogP contribution in [0.15, 0.2) is 18.2 Å². The van der Waals surface area contributed by atoms with Crippen molar-refractivity contribution in [1.82, 2.24) is 10.2 Å². The Kier molecular flexibility index (Phi) is 5.78. The number of carbonyl (C=O) groups is 2. The second kappa shape index (κ2) is 7.80. The zero-order chi connectivity index (χ0) is 16.8. The average Bonchev–Trinajstić information content (AvgIpc) is 3.05. The summed E-state index contributed by atoms with van der Waals surface area (Å²) in [4.78, 5) is 25.9. The van der Waals surface area contributed by atoms with Crippen molar-refractivity contribution in [3.63, 3.8) is 0 Å². The molecule has 1 aromatic carbocycles. The van der Waals surface area contributed by atoms with Crippen LogP contribution in [-0.2, 0) is 11.3 Å². The molecule has 1 aliphatic heterocycles. The van der Waals surface area contributed by atoms with Gasteiger partial charge in [0.2, 0.25) is 0 Å². The number of carboxylic acids is 1. The summed E-state index contributed by atoms with van der Waals surface area (Å²) in [5, 5.41) is 11.3. The van der Waals surface area contributed by atoms with Crippen LogP contribution in [0.3, 0.4) is 0 Å². The van der Waals surface area contributed by atoms with E-state index >= 15 is 0 Å². The number of aliphatic carboxylic acids is 1. The Morgan fingerprint density at radius 1 is 1.35 bits per heavy atom. The molecule has 0 radical (unpaired) electrons. The number of anilines is 1. The Morgan fingerprint density at radius 3 is 2.70 bits per heavy atom. The molecule has 0 aromatic heterocycles. The summed E-state index contributed by atoms with van der Waals surface area (Å²) in [7, 11) is 1.51. The van der Waals surface area contributed by atoms with Crippen molar-refractivity contribution < 1.29 is 19.1 Å². The minimum atomic E-state index is -0.963. The van der Waals surface area contributed by atoms with E-state index < -0.39 is 12.0 Å². The molecule has 23 heavy (non-hydrogen) atoms. The molecule has 126 valence electrons. The number of nitrogens with zero attached hydrogens (tertiary/aromatic N) is 2. The molecule has 2 amide bonds. The highest BCUT2D eigenvalue weighted by atomic mass is 19.1. The van der Waals surface area contributed by atoms with Crippen molar-refractivity contribution >= 4 is 17.7 Å². The Morgan fingerprint density at radius 2 is 2.04 bits per heavy atom. The number of rotatable bonds is 6. The topological polar surface area (TPSA) is 72.9 Å². The number of urea groups is 1. The molecule has 0 bridgehead atoms. The largest absolute Gasteiger partial charge is 0.481 e. The number of hydrogen-bond acceptors (Lipinski definition) is 3. The summed E-state index contributed by atoms with van der Waals surface area (Å²) in [6.07, 6.45) is 2.04. The third kappa shape index (κ3) is 4.58. The molecule has 1 aliphatic rings. The molecule has 0 spiro atoms. The van der Waals surface area contributed by atoms with Gasteiger partial charge in [0, 0.05) is 44.5 Å². The van der Waals surface area contributed by atoms with Gasteiger partial charge in [-0.05, 0) is 25.0 Å². The molecule has 1 fully saturated rings. The molecule has 1 aromatic rings. The molecule has 0 saturated carbocycles. The highest BCUT2D eigenvalue weighted by Gasteiger charge is 2.19. The van der Waals surface area contributed by atoms with E-state index in [0.29, 0.717) is 5.56 Å². The summed E-state index contributed by atoms with van der Waals surface area (Å²) in [5.41, 5.74) is 1.28. The van der Waals surface area contributed by atoms with Crippen LogP contribution in [0.5, 0.6) is 0 Å². The fourth-order valence-electron chi connectivity index (χ4n) is 2.64. The number of carbonyl (C=O) groups excluding carboxylic acids is 1. The van der Waals surface area contributed by atoms with Crippen LogP contribution in [0, 0.1) is 5.82 Å². The van der Waals surface area contributed by atoms with Gasteiger partial charge in [0.1, 0.15) is 5.82 Å². The fraction of sp³-hybridized carbons (Fsp3) is 0.500. The number of halogens is 1. The van der Waals surface area contributed by atoms with E-state index in [2.05, 4.69) is 10.2 Å². The van der Waals surface area contributed by atoms with E-state index in [0.717, 1.165) is 31.6 Å². The van der Waals surface area contributed by atoms with E-state index in [1.165, 1.54) is 18.0 Å². The first-order valence-corrected chi connectivity index (χ1v) is 7.72. The van der Waals surface area contributed by atoms with Gasteiger partial charge in [-0.1, -0.05) is 6.07 Å². The first kappa shape index (κ1) is 17.1. The van der Waals surface area contributed by atoms with Gasteiger partial charge in [-0.3, -0.25) is 4.79 Å². The SMILES string of the molecule is CN(CCC(=O)O)C(=O)NCc1c(F)cccc1N1CCCC1. The molecule has 2 N–H and O–H groups in total. The lowest BCUT2D eigenvalue weighted by molar-refractivity contribution is -0.137. The zero-order valence-corrected chi connectivity index (χ0v) is 13.2. The summed E-state index contributed by atoms with van der Waals surface area (Å²) in [6.45, 7) is 1.97. The summed E-state index contributed by atoms with van der Waals surface area (Å²) in [5.74, 6) is -1.31. The molecule has 7 heteroatoms. The van der Waals surface area contributed by atoms with Gasteiger partial charge in [-0.25, -0.2) is 9.18 Å². The van der Waals surface area contributed by atoms with Crippen molar-refractivity contribution in [2.75, 3.05) is 31.6 Å². The fourth-order valence-corrected chi connectivity index (χ4v) is 2.64. The summed E-state index contributed by atoms with van der Waals surface area (Å²) in [6, 6.07) is 4.51. The maximum Gasteiger partial charge on any atom is 0.317 e. The minimum absolute atomic E-state index is 0.0781. The lowest BCUT2D eigenvalue weighted by Gasteiger charge is -2.23. The molecule has 2 rings (SSSR count). The van der Waals surface area contributed by atoms with E-state index in [1.54, 1.807) is 6.07 Å². The smallest absolute Gasteiger partial charge is 0.317 e. The Bertz CT molecular complexity index is 574. The predicted octanol–water partition coefficient (Wildman–Crippen LogP) is 2.04. The minimum Gasteiger partial charge on any atom is -0.481 e. The van der Waals surface area contributed by atoms with E-state index in [9.17, 15) is 14.0 Å². The van der Waals surface area contributed by atoms with Gasteiger partial charge in [-0.15, -0.1) is 0 Å². The highest BCUT2D eigenvalue weighted by Crippen LogP contribution is 2.26. The van der Waals surface area contributed by atoms with Gasteiger partial charge < -0.3 is 20.2 Å². The van der Waals surface area contributed by atoms with Gasteiger partial charge in [0.05, 0.1) is 6.42 Å². The Labute approximate surface area is 134 Å². The van der Waals surface area contributed by atoms with Gasteiger partial charge in [0.25, 0.3) is 0 Å². The number of benzene rings is 1. The Hall–Kier alpha value is -2.31. The molecular formula is C16H22FN3O3. The molecule has 1 saturated heterocycles. The third-order valence-electron chi connectivity index (χ3n) is 3.97. The van der Waals surface area contributed by atoms with E-state index in [-0.39, 0.29) is 25.3 Å². The normalized spacial score (nSPS) is 13.9. The number of nitrogens with one attached hydrogen (secondary N) is 1. The second-order valence-electron chi connectivity index (χ2n) is 5.66.